The first-order valence-electron chi connectivity index (χ1n) is 10.6. The van der Waals surface area contributed by atoms with E-state index < -0.39 is 11.6 Å². The highest BCUT2D eigenvalue weighted by Gasteiger charge is 2.31. The fourth-order valence-corrected chi connectivity index (χ4v) is 3.41. The van der Waals surface area contributed by atoms with Gasteiger partial charge in [-0.2, -0.15) is 0 Å². The first kappa shape index (κ1) is 24.7. The van der Waals surface area contributed by atoms with Gasteiger partial charge in [-0.25, -0.2) is 0 Å². The van der Waals surface area contributed by atoms with Crippen LogP contribution in [-0.4, -0.2) is 34.9 Å². The fraction of sp³-hybridized carbons (Fsp3) is 0.440. The van der Waals surface area contributed by atoms with Gasteiger partial charge in [0.05, 0.1) is 0 Å². The third-order valence-electron chi connectivity index (χ3n) is 5.02. The maximum absolute atomic E-state index is 13.2. The molecule has 0 aliphatic rings. The summed E-state index contributed by atoms with van der Waals surface area (Å²) in [5.74, 6) is 0.164. The lowest BCUT2D eigenvalue weighted by Gasteiger charge is -2.33. The molecule has 168 valence electrons. The van der Waals surface area contributed by atoms with E-state index in [-0.39, 0.29) is 25.0 Å². The molecule has 0 saturated heterocycles. The first-order valence-corrected chi connectivity index (χ1v) is 10.9. The van der Waals surface area contributed by atoms with Crippen LogP contribution in [0.4, 0.5) is 0 Å². The Morgan fingerprint density at radius 2 is 1.77 bits per heavy atom. The zero-order chi connectivity index (χ0) is 23.2. The van der Waals surface area contributed by atoms with Gasteiger partial charge in [0.2, 0.25) is 5.91 Å². The van der Waals surface area contributed by atoms with E-state index in [9.17, 15) is 9.59 Å². The minimum atomic E-state index is -0.633. The summed E-state index contributed by atoms with van der Waals surface area (Å²) in [6.07, 6.45) is 0.474. The van der Waals surface area contributed by atoms with Crippen molar-refractivity contribution in [3.05, 3.63) is 64.2 Å². The number of rotatable bonds is 8. The number of ether oxygens (including phenoxy) is 1. The zero-order valence-corrected chi connectivity index (χ0v) is 20.0. The number of hydrogen-bond donors (Lipinski definition) is 1. The van der Waals surface area contributed by atoms with Crippen molar-refractivity contribution < 1.29 is 14.3 Å². The summed E-state index contributed by atoms with van der Waals surface area (Å²) in [5, 5.41) is 3.54. The molecule has 2 aromatic rings. The van der Waals surface area contributed by atoms with E-state index in [1.807, 2.05) is 77.9 Å². The van der Waals surface area contributed by atoms with Crippen LogP contribution in [0.5, 0.6) is 5.75 Å². The lowest BCUT2D eigenvalue weighted by atomic mass is 10.1. The number of amides is 2. The quantitative estimate of drug-likeness (QED) is 0.619. The normalized spacial score (nSPS) is 12.2. The summed E-state index contributed by atoms with van der Waals surface area (Å²) in [4.78, 5) is 27.8. The van der Waals surface area contributed by atoms with Crippen LogP contribution in [0.15, 0.2) is 42.5 Å². The van der Waals surface area contributed by atoms with Crippen molar-refractivity contribution in [2.24, 2.45) is 0 Å². The Bertz CT molecular complexity index is 921. The lowest BCUT2D eigenvalue weighted by molar-refractivity contribution is -0.143. The number of hydrogen-bond acceptors (Lipinski definition) is 3. The van der Waals surface area contributed by atoms with E-state index in [1.54, 1.807) is 11.0 Å². The summed E-state index contributed by atoms with van der Waals surface area (Å²) in [7, 11) is 0. The number of halogens is 1. The molecule has 1 N–H and O–H groups in total. The summed E-state index contributed by atoms with van der Waals surface area (Å²) >= 11 is 6.34. The van der Waals surface area contributed by atoms with Gasteiger partial charge in [-0.15, -0.1) is 0 Å². The topological polar surface area (TPSA) is 58.6 Å². The molecule has 1 unspecified atom stereocenters. The Labute approximate surface area is 190 Å². The van der Waals surface area contributed by atoms with E-state index in [1.165, 1.54) is 0 Å². The monoisotopic (exact) mass is 444 g/mol. The van der Waals surface area contributed by atoms with E-state index in [4.69, 9.17) is 16.3 Å². The van der Waals surface area contributed by atoms with Gasteiger partial charge in [0, 0.05) is 17.1 Å². The predicted octanol–water partition coefficient (Wildman–Crippen LogP) is 5.06. The molecule has 6 heteroatoms. The molecule has 2 aromatic carbocycles. The zero-order valence-electron chi connectivity index (χ0n) is 19.3. The maximum atomic E-state index is 13.2. The Hall–Kier alpha value is -2.53. The molecule has 0 aliphatic heterocycles. The molecule has 0 spiro atoms. The second kappa shape index (κ2) is 10.7. The second-order valence-corrected chi connectivity index (χ2v) is 9.22. The van der Waals surface area contributed by atoms with Crippen LogP contribution in [0.2, 0.25) is 5.02 Å². The van der Waals surface area contributed by atoms with E-state index >= 15 is 0 Å². The van der Waals surface area contributed by atoms with E-state index in [2.05, 4.69) is 5.32 Å². The number of carbonyl (C=O) groups is 2. The third kappa shape index (κ3) is 7.28. The highest BCUT2D eigenvalue weighted by atomic mass is 35.5. The molecule has 31 heavy (non-hydrogen) atoms. The summed E-state index contributed by atoms with van der Waals surface area (Å²) in [6.45, 7) is 11.7. The molecule has 0 aromatic heterocycles. The van der Waals surface area contributed by atoms with Crippen LogP contribution in [0, 0.1) is 13.8 Å². The second-order valence-electron chi connectivity index (χ2n) is 8.81. The van der Waals surface area contributed by atoms with Crippen molar-refractivity contribution >= 4 is 23.4 Å². The van der Waals surface area contributed by atoms with Crippen molar-refractivity contribution in [2.45, 2.75) is 66.1 Å². The standard InChI is InChI=1S/C25H33ClN2O3/c1-7-22(24(30)27-25(4,5)6)28(15-19-10-8-9-11-21(19)26)23(29)16-31-20-13-12-17(2)18(3)14-20/h8-14,22H,7,15-16H2,1-6H3,(H,27,30). The van der Waals surface area contributed by atoms with Gasteiger partial charge < -0.3 is 15.0 Å². The average molecular weight is 445 g/mol. The first-order chi connectivity index (χ1) is 14.5. The smallest absolute Gasteiger partial charge is 0.261 e. The third-order valence-corrected chi connectivity index (χ3v) is 5.39. The van der Waals surface area contributed by atoms with Gasteiger partial charge in [-0.3, -0.25) is 9.59 Å². The number of aryl methyl sites for hydroxylation is 2. The maximum Gasteiger partial charge on any atom is 0.261 e. The number of benzene rings is 2. The van der Waals surface area contributed by atoms with Gasteiger partial charge in [0.25, 0.3) is 5.91 Å². The molecule has 0 aliphatic carbocycles. The SMILES string of the molecule is CCC(C(=O)NC(C)(C)C)N(Cc1ccccc1Cl)C(=O)COc1ccc(C)c(C)c1. The van der Waals surface area contributed by atoms with E-state index in [0.717, 1.165) is 16.7 Å². The van der Waals surface area contributed by atoms with Crippen molar-refractivity contribution in [1.82, 2.24) is 10.2 Å². The van der Waals surface area contributed by atoms with Gasteiger partial charge >= 0.3 is 0 Å². The molecule has 2 rings (SSSR count). The minimum Gasteiger partial charge on any atom is -0.484 e. The Morgan fingerprint density at radius 1 is 1.10 bits per heavy atom. The fourth-order valence-electron chi connectivity index (χ4n) is 3.21. The molecular formula is C25H33ClN2O3. The summed E-state index contributed by atoms with van der Waals surface area (Å²) in [6, 6.07) is 12.4. The van der Waals surface area contributed by atoms with Gasteiger partial charge in [0.15, 0.2) is 6.61 Å². The highest BCUT2D eigenvalue weighted by molar-refractivity contribution is 6.31. The van der Waals surface area contributed by atoms with Crippen LogP contribution in [-0.2, 0) is 16.1 Å². The predicted molar refractivity (Wildman–Crippen MR) is 125 cm³/mol. The molecule has 0 saturated carbocycles. The van der Waals surface area contributed by atoms with Crippen LogP contribution in [0.3, 0.4) is 0 Å². The van der Waals surface area contributed by atoms with Crippen LogP contribution < -0.4 is 10.1 Å². The number of nitrogens with one attached hydrogen (secondary N) is 1. The Kier molecular flexibility index (Phi) is 8.52. The molecule has 5 nitrogen and oxygen atoms in total. The lowest BCUT2D eigenvalue weighted by Crippen LogP contribution is -2.54. The molecular weight excluding hydrogens is 412 g/mol. The van der Waals surface area contributed by atoms with E-state index in [0.29, 0.717) is 17.2 Å². The largest absolute Gasteiger partial charge is 0.484 e. The molecule has 1 atom stereocenters. The Morgan fingerprint density at radius 3 is 2.35 bits per heavy atom. The highest BCUT2D eigenvalue weighted by Crippen LogP contribution is 2.21. The van der Waals surface area contributed by atoms with Crippen LogP contribution >= 0.6 is 11.6 Å². The molecule has 0 radical (unpaired) electrons. The number of carbonyl (C=O) groups excluding carboxylic acids is 2. The van der Waals surface area contributed by atoms with Gasteiger partial charge in [-0.1, -0.05) is 42.8 Å². The molecule has 0 bridgehead atoms. The minimum absolute atomic E-state index is 0.160. The Balaban J connectivity index is 2.26. The van der Waals surface area contributed by atoms with Crippen LogP contribution in [0.1, 0.15) is 50.8 Å². The van der Waals surface area contributed by atoms with Crippen molar-refractivity contribution in [2.75, 3.05) is 6.61 Å². The summed E-state index contributed by atoms with van der Waals surface area (Å²) in [5.41, 5.74) is 2.63. The molecule has 0 heterocycles. The number of nitrogens with zero attached hydrogens (tertiary/aromatic N) is 1. The van der Waals surface area contributed by atoms with Crippen molar-refractivity contribution in [3.8, 4) is 5.75 Å². The van der Waals surface area contributed by atoms with Gasteiger partial charge in [0.1, 0.15) is 11.8 Å². The van der Waals surface area contributed by atoms with Crippen molar-refractivity contribution in [1.29, 1.82) is 0 Å². The van der Waals surface area contributed by atoms with Gasteiger partial charge in [-0.05, 0) is 75.9 Å². The average Bonchev–Trinajstić information content (AvgIpc) is 2.68. The van der Waals surface area contributed by atoms with Crippen molar-refractivity contribution in [3.63, 3.8) is 0 Å². The molecule has 0 fully saturated rings. The van der Waals surface area contributed by atoms with Crippen LogP contribution in [0.25, 0.3) is 0 Å². The summed E-state index contributed by atoms with van der Waals surface area (Å²) < 4.78 is 5.77. The molecule has 2 amide bonds.